The van der Waals surface area contributed by atoms with Gasteiger partial charge in [0.05, 0.1) is 6.10 Å². The highest BCUT2D eigenvalue weighted by Crippen LogP contribution is 2.21. The van der Waals surface area contributed by atoms with E-state index >= 15 is 0 Å². The van der Waals surface area contributed by atoms with Crippen LogP contribution in [0.1, 0.15) is 30.9 Å². The second-order valence-electron chi connectivity index (χ2n) is 5.35. The number of halogens is 1. The van der Waals surface area contributed by atoms with Crippen molar-refractivity contribution in [3.05, 3.63) is 34.3 Å². The van der Waals surface area contributed by atoms with Crippen molar-refractivity contribution in [2.45, 2.75) is 25.4 Å². The van der Waals surface area contributed by atoms with Crippen LogP contribution in [0.25, 0.3) is 0 Å². The van der Waals surface area contributed by atoms with E-state index in [-0.39, 0.29) is 6.61 Å². The summed E-state index contributed by atoms with van der Waals surface area (Å²) in [5.41, 5.74) is 0.971. The van der Waals surface area contributed by atoms with Crippen molar-refractivity contribution in [3.63, 3.8) is 0 Å². The van der Waals surface area contributed by atoms with Crippen molar-refractivity contribution >= 4 is 15.9 Å². The van der Waals surface area contributed by atoms with Crippen LogP contribution in [0.15, 0.2) is 28.7 Å². The molecule has 4 heteroatoms. The lowest BCUT2D eigenvalue weighted by atomic mass is 9.98. The molecule has 0 aromatic heterocycles. The molecule has 1 aromatic rings. The molecule has 0 saturated carbocycles. The average molecular weight is 328 g/mol. The fourth-order valence-corrected chi connectivity index (χ4v) is 2.92. The number of rotatable bonds is 5. The number of hydrogen-bond donors (Lipinski definition) is 2. The van der Waals surface area contributed by atoms with E-state index in [2.05, 4.69) is 20.8 Å². The van der Waals surface area contributed by atoms with Crippen LogP contribution in [0.4, 0.5) is 0 Å². The van der Waals surface area contributed by atoms with Crippen molar-refractivity contribution in [1.29, 1.82) is 0 Å². The maximum atomic E-state index is 10.2. The van der Waals surface area contributed by atoms with Gasteiger partial charge in [0.2, 0.25) is 0 Å². The van der Waals surface area contributed by atoms with Crippen LogP contribution in [0.2, 0.25) is 0 Å². The quantitative estimate of drug-likeness (QED) is 0.873. The summed E-state index contributed by atoms with van der Waals surface area (Å²) in [5.74, 6) is 0.415. The van der Waals surface area contributed by atoms with E-state index in [0.717, 1.165) is 48.9 Å². The minimum absolute atomic E-state index is 0.283. The molecule has 1 heterocycles. The summed E-state index contributed by atoms with van der Waals surface area (Å²) in [6.07, 6.45) is 2.63. The Balaban J connectivity index is 1.79. The number of hydrogen-bond acceptors (Lipinski definition) is 3. The van der Waals surface area contributed by atoms with E-state index in [1.165, 1.54) is 0 Å². The van der Waals surface area contributed by atoms with Crippen molar-refractivity contribution in [3.8, 4) is 0 Å². The Bertz CT molecular complexity index is 382. The zero-order chi connectivity index (χ0) is 13.7. The molecule has 0 aliphatic carbocycles. The first kappa shape index (κ1) is 15.0. The maximum Gasteiger partial charge on any atom is 0.0802 e. The maximum absolute atomic E-state index is 10.2. The Morgan fingerprint density at radius 1 is 1.32 bits per heavy atom. The van der Waals surface area contributed by atoms with Gasteiger partial charge in [-0.3, -0.25) is 0 Å². The van der Waals surface area contributed by atoms with Crippen LogP contribution in [-0.4, -0.2) is 41.4 Å². The highest BCUT2D eigenvalue weighted by atomic mass is 79.9. The van der Waals surface area contributed by atoms with Crippen LogP contribution < -0.4 is 0 Å². The van der Waals surface area contributed by atoms with Crippen LogP contribution >= 0.6 is 15.9 Å². The van der Waals surface area contributed by atoms with Crippen molar-refractivity contribution in [2.24, 2.45) is 5.92 Å². The summed E-state index contributed by atoms with van der Waals surface area (Å²) in [4.78, 5) is 2.35. The Kier molecular flexibility index (Phi) is 5.82. The average Bonchev–Trinajstić information content (AvgIpc) is 2.46. The Morgan fingerprint density at radius 2 is 2.05 bits per heavy atom. The van der Waals surface area contributed by atoms with Crippen molar-refractivity contribution in [1.82, 2.24) is 4.90 Å². The van der Waals surface area contributed by atoms with Gasteiger partial charge in [-0.05, 0) is 49.4 Å². The topological polar surface area (TPSA) is 43.7 Å². The summed E-state index contributed by atoms with van der Waals surface area (Å²) in [6.45, 7) is 3.23. The zero-order valence-corrected chi connectivity index (χ0v) is 12.7. The molecule has 0 spiro atoms. The van der Waals surface area contributed by atoms with Crippen LogP contribution in [-0.2, 0) is 0 Å². The lowest BCUT2D eigenvalue weighted by molar-refractivity contribution is 0.0962. The van der Waals surface area contributed by atoms with Gasteiger partial charge in [0, 0.05) is 24.2 Å². The SMILES string of the molecule is OCC1CCCN(CCC(O)c2ccc(Br)cc2)C1. The van der Waals surface area contributed by atoms with E-state index in [1.807, 2.05) is 24.3 Å². The fraction of sp³-hybridized carbons (Fsp3) is 0.600. The first-order chi connectivity index (χ1) is 9.19. The first-order valence-corrected chi connectivity index (χ1v) is 7.75. The standard InChI is InChI=1S/C15H22BrNO2/c16-14-5-3-13(4-6-14)15(19)7-9-17-8-1-2-12(10-17)11-18/h3-6,12,15,18-19H,1-2,7-11H2. The lowest BCUT2D eigenvalue weighted by Crippen LogP contribution is -2.37. The number of piperidine rings is 1. The van der Waals surface area contributed by atoms with Crippen LogP contribution in [0.3, 0.4) is 0 Å². The molecule has 2 N–H and O–H groups in total. The van der Waals surface area contributed by atoms with Crippen LogP contribution in [0, 0.1) is 5.92 Å². The first-order valence-electron chi connectivity index (χ1n) is 6.96. The van der Waals surface area contributed by atoms with Gasteiger partial charge in [0.1, 0.15) is 0 Å². The minimum atomic E-state index is -0.400. The van der Waals surface area contributed by atoms with Crippen molar-refractivity contribution < 1.29 is 10.2 Å². The number of aliphatic hydroxyl groups excluding tert-OH is 2. The highest BCUT2D eigenvalue weighted by molar-refractivity contribution is 9.10. The third kappa shape index (κ3) is 4.56. The molecule has 0 bridgehead atoms. The Hall–Kier alpha value is -0.420. The van der Waals surface area contributed by atoms with Gasteiger partial charge in [-0.15, -0.1) is 0 Å². The number of nitrogens with zero attached hydrogens (tertiary/aromatic N) is 1. The Morgan fingerprint density at radius 3 is 2.74 bits per heavy atom. The number of aliphatic hydroxyl groups is 2. The monoisotopic (exact) mass is 327 g/mol. The molecule has 3 nitrogen and oxygen atoms in total. The zero-order valence-electron chi connectivity index (χ0n) is 11.1. The van der Waals surface area contributed by atoms with Gasteiger partial charge in [0.25, 0.3) is 0 Å². The van der Waals surface area contributed by atoms with E-state index in [4.69, 9.17) is 0 Å². The van der Waals surface area contributed by atoms with Crippen LogP contribution in [0.5, 0.6) is 0 Å². The Labute approximate surface area is 123 Å². The highest BCUT2D eigenvalue weighted by Gasteiger charge is 2.19. The second kappa shape index (κ2) is 7.39. The number of likely N-dealkylation sites (tertiary alicyclic amines) is 1. The normalized spacial score (nSPS) is 22.4. The predicted molar refractivity (Wildman–Crippen MR) is 80.0 cm³/mol. The van der Waals surface area contributed by atoms with Crippen molar-refractivity contribution in [2.75, 3.05) is 26.2 Å². The van der Waals surface area contributed by atoms with Gasteiger partial charge in [-0.25, -0.2) is 0 Å². The molecule has 1 aliphatic heterocycles. The van der Waals surface area contributed by atoms with E-state index in [0.29, 0.717) is 5.92 Å². The molecule has 2 atom stereocenters. The summed E-state index contributed by atoms with van der Waals surface area (Å²) in [5, 5.41) is 19.4. The van der Waals surface area contributed by atoms with Gasteiger partial charge >= 0.3 is 0 Å². The lowest BCUT2D eigenvalue weighted by Gasteiger charge is -2.32. The third-order valence-electron chi connectivity index (χ3n) is 3.83. The third-order valence-corrected chi connectivity index (χ3v) is 4.36. The molecular weight excluding hydrogens is 306 g/mol. The molecule has 1 aromatic carbocycles. The minimum Gasteiger partial charge on any atom is -0.396 e. The molecule has 1 aliphatic rings. The largest absolute Gasteiger partial charge is 0.396 e. The van der Waals surface area contributed by atoms with Gasteiger partial charge in [-0.2, -0.15) is 0 Å². The molecule has 2 unspecified atom stereocenters. The smallest absolute Gasteiger partial charge is 0.0802 e. The summed E-state index contributed by atoms with van der Waals surface area (Å²) >= 11 is 3.40. The van der Waals surface area contributed by atoms with Gasteiger partial charge in [0.15, 0.2) is 0 Å². The molecular formula is C15H22BrNO2. The molecule has 0 amide bonds. The molecule has 2 rings (SSSR count). The van der Waals surface area contributed by atoms with E-state index in [9.17, 15) is 10.2 Å². The number of benzene rings is 1. The second-order valence-corrected chi connectivity index (χ2v) is 6.26. The summed E-state index contributed by atoms with van der Waals surface area (Å²) in [7, 11) is 0. The molecule has 19 heavy (non-hydrogen) atoms. The molecule has 106 valence electrons. The van der Waals surface area contributed by atoms with Gasteiger partial charge in [-0.1, -0.05) is 28.1 Å². The predicted octanol–water partition coefficient (Wildman–Crippen LogP) is 2.58. The molecule has 1 fully saturated rings. The molecule has 0 radical (unpaired) electrons. The van der Waals surface area contributed by atoms with E-state index in [1.54, 1.807) is 0 Å². The fourth-order valence-electron chi connectivity index (χ4n) is 2.66. The summed E-state index contributed by atoms with van der Waals surface area (Å²) < 4.78 is 1.03. The van der Waals surface area contributed by atoms with Gasteiger partial charge < -0.3 is 15.1 Å². The van der Waals surface area contributed by atoms with E-state index < -0.39 is 6.10 Å². The molecule has 1 saturated heterocycles. The summed E-state index contributed by atoms with van der Waals surface area (Å²) in [6, 6.07) is 7.84.